The molecule has 1 aromatic heterocycles. The fourth-order valence-electron chi connectivity index (χ4n) is 2.19. The molecular weight excluding hydrogens is 210 g/mol. The highest BCUT2D eigenvalue weighted by Gasteiger charge is 2.33. The van der Waals surface area contributed by atoms with E-state index in [4.69, 9.17) is 5.11 Å². The number of carbonyl (C=O) groups is 1. The van der Waals surface area contributed by atoms with Gasteiger partial charge in [0.05, 0.1) is 11.4 Å². The Morgan fingerprint density at radius 3 is 2.87 bits per heavy atom. The lowest BCUT2D eigenvalue weighted by molar-refractivity contribution is -0.136. The van der Waals surface area contributed by atoms with E-state index < -0.39 is 5.97 Å². The molecule has 0 radical (unpaired) electrons. The zero-order valence-corrected chi connectivity index (χ0v) is 9.64. The van der Waals surface area contributed by atoms with Gasteiger partial charge < -0.3 is 5.11 Å². The van der Waals surface area contributed by atoms with Gasteiger partial charge in [0.25, 0.3) is 0 Å². The Hall–Kier alpha value is -0.900. The van der Waals surface area contributed by atoms with Crippen LogP contribution in [0.1, 0.15) is 42.5 Å². The number of rotatable bonds is 3. The summed E-state index contributed by atoms with van der Waals surface area (Å²) in [6, 6.07) is 0. The van der Waals surface area contributed by atoms with Crippen LogP contribution < -0.4 is 0 Å². The van der Waals surface area contributed by atoms with E-state index in [0.717, 1.165) is 9.88 Å². The second-order valence-corrected chi connectivity index (χ2v) is 5.59. The van der Waals surface area contributed by atoms with Gasteiger partial charge in [-0.25, -0.2) is 4.98 Å². The molecule has 0 spiro atoms. The standard InChI is InChI=1S/C11H15NO2S/c1-11(4-2-3-5-11)10-12-7-8(15-10)6-9(13)14/h7H,2-6H2,1H3,(H,13,14). The van der Waals surface area contributed by atoms with Gasteiger partial charge in [-0.3, -0.25) is 4.79 Å². The number of aliphatic carboxylic acids is 1. The highest BCUT2D eigenvalue weighted by Crippen LogP contribution is 2.42. The molecular formula is C11H15NO2S. The molecule has 0 aliphatic heterocycles. The Kier molecular flexibility index (Phi) is 2.78. The van der Waals surface area contributed by atoms with Crippen molar-refractivity contribution in [2.24, 2.45) is 0 Å². The maximum atomic E-state index is 10.6. The van der Waals surface area contributed by atoms with E-state index in [0.29, 0.717) is 0 Å². The van der Waals surface area contributed by atoms with E-state index in [9.17, 15) is 4.79 Å². The van der Waals surface area contributed by atoms with Gasteiger partial charge in [-0.15, -0.1) is 11.3 Å². The summed E-state index contributed by atoms with van der Waals surface area (Å²) in [5.41, 5.74) is 0.210. The van der Waals surface area contributed by atoms with E-state index in [1.54, 1.807) is 17.5 Å². The van der Waals surface area contributed by atoms with E-state index in [1.165, 1.54) is 25.7 Å². The van der Waals surface area contributed by atoms with Crippen LogP contribution in [0.15, 0.2) is 6.20 Å². The van der Waals surface area contributed by atoms with Crippen LogP contribution in [0.2, 0.25) is 0 Å². The first kappa shape index (κ1) is 10.6. The van der Waals surface area contributed by atoms with Crippen molar-refractivity contribution in [1.82, 2.24) is 4.98 Å². The van der Waals surface area contributed by atoms with Crippen molar-refractivity contribution in [2.45, 2.75) is 44.4 Å². The van der Waals surface area contributed by atoms with E-state index in [-0.39, 0.29) is 11.8 Å². The number of carboxylic acids is 1. The van der Waals surface area contributed by atoms with Crippen LogP contribution >= 0.6 is 11.3 Å². The number of nitrogens with zero attached hydrogens (tertiary/aromatic N) is 1. The number of aromatic nitrogens is 1. The van der Waals surface area contributed by atoms with Gasteiger partial charge >= 0.3 is 5.97 Å². The molecule has 1 saturated carbocycles. The number of hydrogen-bond donors (Lipinski definition) is 1. The molecule has 1 fully saturated rings. The molecule has 1 aliphatic carbocycles. The van der Waals surface area contributed by atoms with Crippen LogP contribution in [-0.2, 0) is 16.6 Å². The molecule has 1 N–H and O–H groups in total. The second-order valence-electron chi connectivity index (χ2n) is 4.47. The summed E-state index contributed by atoms with van der Waals surface area (Å²) in [7, 11) is 0. The maximum absolute atomic E-state index is 10.6. The van der Waals surface area contributed by atoms with Crippen LogP contribution in [0.3, 0.4) is 0 Å². The highest BCUT2D eigenvalue weighted by atomic mass is 32.1. The van der Waals surface area contributed by atoms with Crippen molar-refractivity contribution in [2.75, 3.05) is 0 Å². The molecule has 15 heavy (non-hydrogen) atoms. The summed E-state index contributed by atoms with van der Waals surface area (Å²) in [5, 5.41) is 9.81. The Bertz CT molecular complexity index is 366. The first-order chi connectivity index (χ1) is 7.10. The zero-order valence-electron chi connectivity index (χ0n) is 8.82. The fourth-order valence-corrected chi connectivity index (χ4v) is 3.29. The van der Waals surface area contributed by atoms with E-state index >= 15 is 0 Å². The number of carboxylic acid groups (broad SMARTS) is 1. The van der Waals surface area contributed by atoms with E-state index in [2.05, 4.69) is 11.9 Å². The van der Waals surface area contributed by atoms with Crippen LogP contribution in [0.25, 0.3) is 0 Å². The van der Waals surface area contributed by atoms with Crippen molar-refractivity contribution in [1.29, 1.82) is 0 Å². The molecule has 1 aliphatic rings. The molecule has 0 saturated heterocycles. The van der Waals surface area contributed by atoms with Crippen molar-refractivity contribution in [3.05, 3.63) is 16.1 Å². The lowest BCUT2D eigenvalue weighted by atomic mass is 9.90. The molecule has 0 aromatic carbocycles. The third kappa shape index (κ3) is 2.20. The van der Waals surface area contributed by atoms with Gasteiger partial charge in [0.1, 0.15) is 0 Å². The van der Waals surface area contributed by atoms with Crippen LogP contribution in [0.4, 0.5) is 0 Å². The minimum absolute atomic E-state index is 0.105. The average molecular weight is 225 g/mol. The summed E-state index contributed by atoms with van der Waals surface area (Å²) >= 11 is 1.57. The highest BCUT2D eigenvalue weighted by molar-refractivity contribution is 7.11. The largest absolute Gasteiger partial charge is 0.481 e. The SMILES string of the molecule is CC1(c2ncc(CC(=O)O)s2)CCCC1. The van der Waals surface area contributed by atoms with Crippen molar-refractivity contribution in [3.8, 4) is 0 Å². The molecule has 1 aromatic rings. The first-order valence-corrected chi connectivity index (χ1v) is 6.09. The molecule has 0 bridgehead atoms. The van der Waals surface area contributed by atoms with Gasteiger partial charge in [0.15, 0.2) is 0 Å². The Balaban J connectivity index is 2.15. The lowest BCUT2D eigenvalue weighted by Crippen LogP contribution is -2.15. The molecule has 0 atom stereocenters. The minimum Gasteiger partial charge on any atom is -0.481 e. The Morgan fingerprint density at radius 2 is 2.27 bits per heavy atom. The average Bonchev–Trinajstić information content (AvgIpc) is 2.74. The zero-order chi connectivity index (χ0) is 10.9. The first-order valence-electron chi connectivity index (χ1n) is 5.27. The van der Waals surface area contributed by atoms with Gasteiger partial charge in [0.2, 0.25) is 0 Å². The smallest absolute Gasteiger partial charge is 0.308 e. The van der Waals surface area contributed by atoms with E-state index in [1.807, 2.05) is 0 Å². The summed E-state index contributed by atoms with van der Waals surface area (Å²) in [6.07, 6.45) is 6.74. The summed E-state index contributed by atoms with van der Waals surface area (Å²) in [6.45, 7) is 2.24. The van der Waals surface area contributed by atoms with Crippen LogP contribution in [0, 0.1) is 0 Å². The Morgan fingerprint density at radius 1 is 1.60 bits per heavy atom. The van der Waals surface area contributed by atoms with Gasteiger partial charge in [-0.05, 0) is 12.8 Å². The van der Waals surface area contributed by atoms with Gasteiger partial charge in [0, 0.05) is 16.5 Å². The molecule has 2 rings (SSSR count). The molecule has 0 unspecified atom stereocenters. The minimum atomic E-state index is -0.776. The number of thiazole rings is 1. The van der Waals surface area contributed by atoms with Crippen LogP contribution in [0.5, 0.6) is 0 Å². The summed E-state index contributed by atoms with van der Waals surface area (Å²) in [5.74, 6) is -0.776. The fraction of sp³-hybridized carbons (Fsp3) is 0.636. The monoisotopic (exact) mass is 225 g/mol. The second kappa shape index (κ2) is 3.93. The third-order valence-electron chi connectivity index (χ3n) is 3.10. The summed E-state index contributed by atoms with van der Waals surface area (Å²) < 4.78 is 0. The predicted octanol–water partition coefficient (Wildman–Crippen LogP) is 2.60. The van der Waals surface area contributed by atoms with Gasteiger partial charge in [-0.2, -0.15) is 0 Å². The molecule has 4 heteroatoms. The van der Waals surface area contributed by atoms with Crippen LogP contribution in [-0.4, -0.2) is 16.1 Å². The molecule has 0 amide bonds. The molecule has 3 nitrogen and oxygen atoms in total. The third-order valence-corrected chi connectivity index (χ3v) is 4.41. The molecule has 82 valence electrons. The summed E-state index contributed by atoms with van der Waals surface area (Å²) in [4.78, 5) is 15.8. The topological polar surface area (TPSA) is 50.2 Å². The quantitative estimate of drug-likeness (QED) is 0.860. The lowest BCUT2D eigenvalue weighted by Gasteiger charge is -2.19. The van der Waals surface area contributed by atoms with Crippen molar-refractivity contribution < 1.29 is 9.90 Å². The number of hydrogen-bond acceptors (Lipinski definition) is 3. The molecule has 1 heterocycles. The maximum Gasteiger partial charge on any atom is 0.308 e. The van der Waals surface area contributed by atoms with Crippen molar-refractivity contribution >= 4 is 17.3 Å². The van der Waals surface area contributed by atoms with Gasteiger partial charge in [-0.1, -0.05) is 19.8 Å². The Labute approximate surface area is 93.2 Å². The van der Waals surface area contributed by atoms with Crippen molar-refractivity contribution in [3.63, 3.8) is 0 Å². The normalized spacial score (nSPS) is 19.3. The predicted molar refractivity (Wildman–Crippen MR) is 59.3 cm³/mol.